The summed E-state index contributed by atoms with van der Waals surface area (Å²) in [4.78, 5) is 33.0. The predicted octanol–water partition coefficient (Wildman–Crippen LogP) is 4.04. The average Bonchev–Trinajstić information content (AvgIpc) is 3.68. The first-order valence-corrected chi connectivity index (χ1v) is 10.9. The Hall–Kier alpha value is -4.28. The van der Waals surface area contributed by atoms with Gasteiger partial charge >= 0.3 is 6.18 Å². The number of nitriles is 1. The Morgan fingerprint density at radius 2 is 1.84 bits per heavy atom. The maximum atomic E-state index is 13.5. The third-order valence-corrected chi connectivity index (χ3v) is 5.53. The van der Waals surface area contributed by atoms with Crippen molar-refractivity contribution < 1.29 is 31.5 Å². The number of aromatic nitrogens is 5. The van der Waals surface area contributed by atoms with Crippen molar-refractivity contribution in [2.45, 2.75) is 43.8 Å². The largest absolute Gasteiger partial charge is 0.484 e. The van der Waals surface area contributed by atoms with Crippen molar-refractivity contribution in [1.82, 2.24) is 30.2 Å². The molecule has 1 aliphatic carbocycles. The second-order valence-electron chi connectivity index (χ2n) is 8.25. The summed E-state index contributed by atoms with van der Waals surface area (Å²) in [5.41, 5.74) is -2.46. The molecule has 3 aromatic rings. The topological polar surface area (TPSA) is 127 Å². The lowest BCUT2D eigenvalue weighted by atomic mass is 10.0. The van der Waals surface area contributed by atoms with Gasteiger partial charge in [-0.2, -0.15) is 18.4 Å². The molecule has 0 bridgehead atoms. The Morgan fingerprint density at radius 1 is 1.16 bits per heavy atom. The zero-order valence-electron chi connectivity index (χ0n) is 19.1. The highest BCUT2D eigenvalue weighted by atomic mass is 19.4. The predicted molar refractivity (Wildman–Crippen MR) is 116 cm³/mol. The number of nitrogens with one attached hydrogen (secondary N) is 1. The molecule has 4 rings (SSSR count). The molecule has 0 spiro atoms. The monoisotopic (exact) mass is 519 g/mol. The van der Waals surface area contributed by atoms with Gasteiger partial charge in [-0.3, -0.25) is 9.78 Å². The molecule has 1 amide bonds. The lowest BCUT2D eigenvalue weighted by molar-refractivity contribution is -0.141. The lowest BCUT2D eigenvalue weighted by Gasteiger charge is -2.17. The highest BCUT2D eigenvalue weighted by Gasteiger charge is 2.48. The fourth-order valence-corrected chi connectivity index (χ4v) is 3.46. The van der Waals surface area contributed by atoms with Gasteiger partial charge in [-0.25, -0.2) is 28.7 Å². The number of hydrogen-bond donors (Lipinski definition) is 1. The maximum absolute atomic E-state index is 13.5. The van der Waals surface area contributed by atoms with Crippen LogP contribution in [-0.4, -0.2) is 43.9 Å². The van der Waals surface area contributed by atoms with E-state index in [4.69, 9.17) is 4.74 Å². The normalized spacial score (nSPS) is 15.1. The van der Waals surface area contributed by atoms with Crippen LogP contribution in [0.5, 0.6) is 5.75 Å². The molecule has 0 saturated heterocycles. The van der Waals surface area contributed by atoms with E-state index in [1.54, 1.807) is 0 Å². The highest BCUT2D eigenvalue weighted by molar-refractivity contribution is 5.94. The van der Waals surface area contributed by atoms with Crippen molar-refractivity contribution >= 4 is 5.91 Å². The summed E-state index contributed by atoms with van der Waals surface area (Å²) in [7, 11) is 0. The van der Waals surface area contributed by atoms with Crippen LogP contribution in [-0.2, 0) is 11.6 Å². The van der Waals surface area contributed by atoms with Crippen molar-refractivity contribution in [3.8, 4) is 23.3 Å². The van der Waals surface area contributed by atoms with Crippen LogP contribution in [0.1, 0.15) is 53.2 Å². The molecule has 1 fully saturated rings. The molecule has 37 heavy (non-hydrogen) atoms. The van der Waals surface area contributed by atoms with Crippen LogP contribution in [0, 0.1) is 11.3 Å². The summed E-state index contributed by atoms with van der Waals surface area (Å²) in [6, 6.07) is 2.94. The SMILES string of the molecule is CC(NC(=O)c1cc(C(F)(F)F)nc(C2(C#N)CC2)c1)c1nccnc1-c1ncc(OCC(F)F)cn1. The number of alkyl halides is 5. The molecule has 0 aromatic carbocycles. The summed E-state index contributed by atoms with van der Waals surface area (Å²) < 4.78 is 69.8. The molecule has 192 valence electrons. The molecule has 1 unspecified atom stereocenters. The minimum absolute atomic E-state index is 0.00982. The van der Waals surface area contributed by atoms with Gasteiger partial charge in [0.2, 0.25) is 0 Å². The van der Waals surface area contributed by atoms with Gasteiger partial charge < -0.3 is 10.1 Å². The van der Waals surface area contributed by atoms with Crippen molar-refractivity contribution in [2.75, 3.05) is 6.61 Å². The second kappa shape index (κ2) is 10.00. The first kappa shape index (κ1) is 25.8. The Kier molecular flexibility index (Phi) is 6.97. The second-order valence-corrected chi connectivity index (χ2v) is 8.25. The van der Waals surface area contributed by atoms with Gasteiger partial charge in [0.05, 0.1) is 41.3 Å². The summed E-state index contributed by atoms with van der Waals surface area (Å²) in [5.74, 6) is -0.775. The molecular weight excluding hydrogens is 501 g/mol. The van der Waals surface area contributed by atoms with Crippen LogP contribution in [0.3, 0.4) is 0 Å². The third kappa shape index (κ3) is 5.76. The number of pyridine rings is 1. The Morgan fingerprint density at radius 3 is 2.43 bits per heavy atom. The van der Waals surface area contributed by atoms with Gasteiger partial charge in [-0.05, 0) is 31.9 Å². The molecule has 3 heterocycles. The van der Waals surface area contributed by atoms with Crippen LogP contribution in [0.4, 0.5) is 22.0 Å². The average molecular weight is 519 g/mol. The molecule has 1 saturated carbocycles. The zero-order chi connectivity index (χ0) is 26.8. The van der Waals surface area contributed by atoms with Gasteiger partial charge in [0.1, 0.15) is 18.0 Å². The highest BCUT2D eigenvalue weighted by Crippen LogP contribution is 2.47. The van der Waals surface area contributed by atoms with Crippen LogP contribution in [0.25, 0.3) is 11.5 Å². The number of halogens is 5. The van der Waals surface area contributed by atoms with Crippen molar-refractivity contribution in [2.24, 2.45) is 0 Å². The van der Waals surface area contributed by atoms with Crippen LogP contribution in [0.2, 0.25) is 0 Å². The number of nitrogens with zero attached hydrogens (tertiary/aromatic N) is 6. The van der Waals surface area contributed by atoms with E-state index in [1.165, 1.54) is 37.8 Å². The molecular formula is C23H18F5N7O2. The van der Waals surface area contributed by atoms with E-state index in [2.05, 4.69) is 30.2 Å². The Labute approximate surface area is 206 Å². The fourth-order valence-electron chi connectivity index (χ4n) is 3.46. The van der Waals surface area contributed by atoms with E-state index in [9.17, 15) is 32.0 Å². The molecule has 1 atom stereocenters. The molecule has 0 radical (unpaired) electrons. The zero-order valence-corrected chi connectivity index (χ0v) is 19.1. The number of rotatable bonds is 8. The van der Waals surface area contributed by atoms with Crippen LogP contribution in [0.15, 0.2) is 36.9 Å². The van der Waals surface area contributed by atoms with E-state index >= 15 is 0 Å². The first-order valence-electron chi connectivity index (χ1n) is 10.9. The molecule has 3 aromatic heterocycles. The lowest BCUT2D eigenvalue weighted by Crippen LogP contribution is -2.29. The van der Waals surface area contributed by atoms with E-state index in [-0.39, 0.29) is 34.2 Å². The number of ether oxygens (including phenoxy) is 1. The van der Waals surface area contributed by atoms with Gasteiger partial charge in [-0.15, -0.1) is 0 Å². The standard InChI is InChI=1S/C23H18F5N7O2/c1-12(18-19(31-5-4-30-18)20-32-8-14(9-33-20)37-10-17(24)25)34-21(36)13-6-15(22(11-29)2-3-22)35-16(7-13)23(26,27)28/h4-9,12,17H,2-3,10H2,1H3,(H,34,36). The van der Waals surface area contributed by atoms with Gasteiger partial charge in [0.25, 0.3) is 12.3 Å². The minimum atomic E-state index is -4.82. The number of amides is 1. The summed E-state index contributed by atoms with van der Waals surface area (Å²) in [6.45, 7) is 0.709. The number of carbonyl (C=O) groups is 1. The van der Waals surface area contributed by atoms with E-state index in [0.717, 1.165) is 0 Å². The summed E-state index contributed by atoms with van der Waals surface area (Å²) >= 11 is 0. The van der Waals surface area contributed by atoms with Gasteiger partial charge in [-0.1, -0.05) is 0 Å². The maximum Gasteiger partial charge on any atom is 0.433 e. The Bertz CT molecular complexity index is 1340. The molecule has 9 nitrogen and oxygen atoms in total. The Balaban J connectivity index is 1.58. The first-order chi connectivity index (χ1) is 17.5. The van der Waals surface area contributed by atoms with Crippen LogP contribution >= 0.6 is 0 Å². The molecule has 1 N–H and O–H groups in total. The smallest absolute Gasteiger partial charge is 0.433 e. The summed E-state index contributed by atoms with van der Waals surface area (Å²) in [6.07, 6.45) is -1.75. The van der Waals surface area contributed by atoms with Crippen LogP contribution < -0.4 is 10.1 Å². The molecule has 14 heteroatoms. The van der Waals surface area contributed by atoms with E-state index < -0.39 is 42.3 Å². The minimum Gasteiger partial charge on any atom is -0.484 e. The van der Waals surface area contributed by atoms with Gasteiger partial charge in [0.15, 0.2) is 11.6 Å². The van der Waals surface area contributed by atoms with E-state index in [0.29, 0.717) is 18.9 Å². The third-order valence-electron chi connectivity index (χ3n) is 5.53. The van der Waals surface area contributed by atoms with Crippen molar-refractivity contribution in [3.05, 3.63) is 59.6 Å². The fraction of sp³-hybridized carbons (Fsp3) is 0.348. The summed E-state index contributed by atoms with van der Waals surface area (Å²) in [5, 5.41) is 12.0. The molecule has 0 aliphatic heterocycles. The number of hydrogen-bond acceptors (Lipinski definition) is 8. The molecule has 1 aliphatic rings. The van der Waals surface area contributed by atoms with Crippen molar-refractivity contribution in [1.29, 1.82) is 5.26 Å². The quantitative estimate of drug-likeness (QED) is 0.442. The number of carbonyl (C=O) groups excluding carboxylic acids is 1. The van der Waals surface area contributed by atoms with Crippen molar-refractivity contribution in [3.63, 3.8) is 0 Å². The van der Waals surface area contributed by atoms with E-state index in [1.807, 2.05) is 6.07 Å². The van der Waals surface area contributed by atoms with Gasteiger partial charge in [0, 0.05) is 18.0 Å².